The van der Waals surface area contributed by atoms with Crippen LogP contribution in [0.3, 0.4) is 0 Å². The van der Waals surface area contributed by atoms with E-state index in [0.717, 1.165) is 31.3 Å². The van der Waals surface area contributed by atoms with Crippen LogP contribution in [0.1, 0.15) is 33.1 Å². The van der Waals surface area contributed by atoms with Gasteiger partial charge in [0.2, 0.25) is 0 Å². The standard InChI is InChI=1S/C16H19FN2/c1-16(2,12-18)9-3-4-10-19-11-8-13-14(17)6-5-7-15(13)19/h5-8,11H,3-4,9-10H2,1-2H3. The minimum atomic E-state index is -0.245. The molecule has 0 amide bonds. The Morgan fingerprint density at radius 3 is 2.79 bits per heavy atom. The molecule has 0 aliphatic carbocycles. The van der Waals surface area contributed by atoms with Gasteiger partial charge in [-0.25, -0.2) is 4.39 Å². The van der Waals surface area contributed by atoms with Crippen LogP contribution in [0, 0.1) is 22.6 Å². The van der Waals surface area contributed by atoms with Crippen LogP contribution in [-0.4, -0.2) is 4.57 Å². The van der Waals surface area contributed by atoms with Crippen LogP contribution in [0.5, 0.6) is 0 Å². The lowest BCUT2D eigenvalue weighted by atomic mass is 9.89. The lowest BCUT2D eigenvalue weighted by molar-refractivity contribution is 0.418. The Morgan fingerprint density at radius 1 is 1.26 bits per heavy atom. The second-order valence-corrected chi connectivity index (χ2v) is 5.63. The number of fused-ring (bicyclic) bond motifs is 1. The van der Waals surface area contributed by atoms with Crippen molar-refractivity contribution in [3.63, 3.8) is 0 Å². The van der Waals surface area contributed by atoms with Crippen molar-refractivity contribution in [3.05, 3.63) is 36.3 Å². The summed E-state index contributed by atoms with van der Waals surface area (Å²) >= 11 is 0. The maximum absolute atomic E-state index is 13.5. The molecule has 0 aliphatic rings. The van der Waals surface area contributed by atoms with E-state index in [1.54, 1.807) is 6.07 Å². The van der Waals surface area contributed by atoms with Gasteiger partial charge in [-0.1, -0.05) is 12.5 Å². The van der Waals surface area contributed by atoms with Gasteiger partial charge in [-0.3, -0.25) is 0 Å². The largest absolute Gasteiger partial charge is 0.347 e. The number of rotatable bonds is 5. The maximum atomic E-state index is 13.5. The average molecular weight is 258 g/mol. The predicted molar refractivity (Wildman–Crippen MR) is 75.1 cm³/mol. The molecular weight excluding hydrogens is 239 g/mol. The van der Waals surface area contributed by atoms with Crippen LogP contribution in [-0.2, 0) is 6.54 Å². The number of nitriles is 1. The number of nitrogens with zero attached hydrogens (tertiary/aromatic N) is 2. The zero-order chi connectivity index (χ0) is 13.9. The zero-order valence-electron chi connectivity index (χ0n) is 11.5. The molecule has 3 heteroatoms. The molecule has 0 atom stereocenters. The summed E-state index contributed by atoms with van der Waals surface area (Å²) < 4.78 is 15.6. The third-order valence-electron chi connectivity index (χ3n) is 3.51. The molecule has 1 aromatic carbocycles. The van der Waals surface area contributed by atoms with Crippen molar-refractivity contribution in [2.24, 2.45) is 5.41 Å². The summed E-state index contributed by atoms with van der Waals surface area (Å²) in [6.07, 6.45) is 4.85. The summed E-state index contributed by atoms with van der Waals surface area (Å²) in [4.78, 5) is 0. The van der Waals surface area contributed by atoms with Crippen LogP contribution in [0.4, 0.5) is 4.39 Å². The smallest absolute Gasteiger partial charge is 0.132 e. The van der Waals surface area contributed by atoms with E-state index >= 15 is 0 Å². The summed E-state index contributed by atoms with van der Waals surface area (Å²) in [5.41, 5.74) is 0.699. The van der Waals surface area contributed by atoms with Gasteiger partial charge in [0.1, 0.15) is 5.82 Å². The highest BCUT2D eigenvalue weighted by Crippen LogP contribution is 2.23. The van der Waals surface area contributed by atoms with E-state index in [9.17, 15) is 4.39 Å². The third kappa shape index (κ3) is 3.14. The number of halogens is 1. The number of unbranched alkanes of at least 4 members (excludes halogenated alkanes) is 1. The lowest BCUT2D eigenvalue weighted by Gasteiger charge is -2.14. The van der Waals surface area contributed by atoms with E-state index in [-0.39, 0.29) is 11.2 Å². The van der Waals surface area contributed by atoms with E-state index in [2.05, 4.69) is 10.6 Å². The van der Waals surface area contributed by atoms with Crippen molar-refractivity contribution in [2.45, 2.75) is 39.7 Å². The highest BCUT2D eigenvalue weighted by atomic mass is 19.1. The molecule has 1 aromatic heterocycles. The first-order valence-electron chi connectivity index (χ1n) is 6.68. The molecule has 2 nitrogen and oxygen atoms in total. The SMILES string of the molecule is CC(C)(C#N)CCCCn1ccc2c(F)cccc21. The number of hydrogen-bond donors (Lipinski definition) is 0. The molecule has 0 bridgehead atoms. The summed E-state index contributed by atoms with van der Waals surface area (Å²) in [6, 6.07) is 9.31. The molecular formula is C16H19FN2. The van der Waals surface area contributed by atoms with Crippen LogP contribution in [0.2, 0.25) is 0 Å². The summed E-state index contributed by atoms with van der Waals surface area (Å²) in [5.74, 6) is -0.165. The predicted octanol–water partition coefficient (Wildman–Crippen LogP) is 4.50. The van der Waals surface area contributed by atoms with Crippen molar-refractivity contribution in [2.75, 3.05) is 0 Å². The fraction of sp³-hybridized carbons (Fsp3) is 0.438. The minimum Gasteiger partial charge on any atom is -0.347 e. The number of aryl methyl sites for hydroxylation is 1. The second kappa shape index (κ2) is 5.44. The highest BCUT2D eigenvalue weighted by molar-refractivity contribution is 5.80. The Labute approximate surface area is 113 Å². The molecule has 0 aliphatic heterocycles. The van der Waals surface area contributed by atoms with Gasteiger partial charge < -0.3 is 4.57 Å². The Hall–Kier alpha value is -1.82. The summed E-state index contributed by atoms with van der Waals surface area (Å²) in [6.45, 7) is 4.80. The van der Waals surface area contributed by atoms with Crippen molar-refractivity contribution >= 4 is 10.9 Å². The maximum Gasteiger partial charge on any atom is 0.132 e. The van der Waals surface area contributed by atoms with Gasteiger partial charge in [-0.15, -0.1) is 0 Å². The highest BCUT2D eigenvalue weighted by Gasteiger charge is 2.15. The van der Waals surface area contributed by atoms with E-state index in [1.165, 1.54) is 6.07 Å². The van der Waals surface area contributed by atoms with Gasteiger partial charge in [-0.2, -0.15) is 5.26 Å². The van der Waals surface area contributed by atoms with E-state index in [4.69, 9.17) is 5.26 Å². The van der Waals surface area contributed by atoms with Gasteiger partial charge in [-0.05, 0) is 44.9 Å². The molecule has 0 unspecified atom stereocenters. The zero-order valence-corrected chi connectivity index (χ0v) is 11.5. The molecule has 0 saturated heterocycles. The van der Waals surface area contributed by atoms with Crippen LogP contribution in [0.25, 0.3) is 10.9 Å². The molecule has 0 spiro atoms. The lowest BCUT2D eigenvalue weighted by Crippen LogP contribution is -2.08. The minimum absolute atomic E-state index is 0.165. The van der Waals surface area contributed by atoms with E-state index in [0.29, 0.717) is 5.39 Å². The summed E-state index contributed by atoms with van der Waals surface area (Å²) in [7, 11) is 0. The second-order valence-electron chi connectivity index (χ2n) is 5.63. The quantitative estimate of drug-likeness (QED) is 0.726. The van der Waals surface area contributed by atoms with Crippen LogP contribution in [0.15, 0.2) is 30.5 Å². The first-order chi connectivity index (χ1) is 9.03. The van der Waals surface area contributed by atoms with E-state index < -0.39 is 0 Å². The van der Waals surface area contributed by atoms with Crippen LogP contribution < -0.4 is 0 Å². The molecule has 0 N–H and O–H groups in total. The van der Waals surface area contributed by atoms with Gasteiger partial charge in [0.05, 0.1) is 17.0 Å². The normalized spacial score (nSPS) is 11.7. The molecule has 0 radical (unpaired) electrons. The molecule has 19 heavy (non-hydrogen) atoms. The fourth-order valence-corrected chi connectivity index (χ4v) is 2.29. The monoisotopic (exact) mass is 258 g/mol. The van der Waals surface area contributed by atoms with Gasteiger partial charge in [0, 0.05) is 18.1 Å². The number of benzene rings is 1. The first kappa shape index (κ1) is 13.6. The van der Waals surface area contributed by atoms with Gasteiger partial charge >= 0.3 is 0 Å². The van der Waals surface area contributed by atoms with Crippen molar-refractivity contribution in [1.82, 2.24) is 4.57 Å². The number of hydrogen-bond acceptors (Lipinski definition) is 1. The molecule has 2 rings (SSSR count). The van der Waals surface area contributed by atoms with Crippen molar-refractivity contribution in [3.8, 4) is 6.07 Å². The molecule has 1 heterocycles. The topological polar surface area (TPSA) is 28.7 Å². The van der Waals surface area contributed by atoms with Crippen molar-refractivity contribution < 1.29 is 4.39 Å². The Bertz CT molecular complexity index is 605. The molecule has 0 saturated carbocycles. The Morgan fingerprint density at radius 2 is 2.05 bits per heavy atom. The average Bonchev–Trinajstić information content (AvgIpc) is 2.80. The summed E-state index contributed by atoms with van der Waals surface area (Å²) in [5, 5.41) is 9.63. The fourth-order valence-electron chi connectivity index (χ4n) is 2.29. The Kier molecular flexibility index (Phi) is 3.90. The molecule has 0 fully saturated rings. The first-order valence-corrected chi connectivity index (χ1v) is 6.68. The van der Waals surface area contributed by atoms with Gasteiger partial charge in [0.15, 0.2) is 0 Å². The van der Waals surface area contributed by atoms with E-state index in [1.807, 2.05) is 32.2 Å². The third-order valence-corrected chi connectivity index (χ3v) is 3.51. The number of aromatic nitrogens is 1. The Balaban J connectivity index is 1.96. The van der Waals surface area contributed by atoms with Crippen LogP contribution >= 0.6 is 0 Å². The van der Waals surface area contributed by atoms with Crippen molar-refractivity contribution in [1.29, 1.82) is 5.26 Å². The molecule has 2 aromatic rings. The van der Waals surface area contributed by atoms with Gasteiger partial charge in [0.25, 0.3) is 0 Å². The molecule has 100 valence electrons.